The van der Waals surface area contributed by atoms with Crippen LogP contribution in [0.15, 0.2) is 24.2 Å². The molecule has 0 aliphatic carbocycles. The first-order valence-electron chi connectivity index (χ1n) is 6.81. The van der Waals surface area contributed by atoms with Gasteiger partial charge in [-0.1, -0.05) is 6.08 Å². The van der Waals surface area contributed by atoms with E-state index in [9.17, 15) is 0 Å². The number of piperidine rings is 1. The third kappa shape index (κ3) is 3.05. The monoisotopic (exact) mass is 280 g/mol. The summed E-state index contributed by atoms with van der Waals surface area (Å²) in [6.45, 7) is 6.94. The summed E-state index contributed by atoms with van der Waals surface area (Å²) in [6, 6.07) is 0.928. The third-order valence-electron chi connectivity index (χ3n) is 3.88. The Labute approximate surface area is 118 Å². The molecule has 2 aliphatic rings. The van der Waals surface area contributed by atoms with E-state index in [-0.39, 0.29) is 0 Å². The molecule has 2 bridgehead atoms. The molecule has 0 saturated carbocycles. The van der Waals surface area contributed by atoms with E-state index < -0.39 is 0 Å². The van der Waals surface area contributed by atoms with Crippen molar-refractivity contribution in [3.8, 4) is 0 Å². The summed E-state index contributed by atoms with van der Waals surface area (Å²) in [5.74, 6) is 0. The molecule has 3 rings (SSSR count). The van der Waals surface area contributed by atoms with Crippen LogP contribution in [-0.4, -0.2) is 47.9 Å². The predicted octanol–water partition coefficient (Wildman–Crippen LogP) is 2.08. The van der Waals surface area contributed by atoms with Gasteiger partial charge in [-0.25, -0.2) is 4.98 Å². The van der Waals surface area contributed by atoms with E-state index in [0.29, 0.717) is 24.8 Å². The van der Waals surface area contributed by atoms with Gasteiger partial charge in [0.1, 0.15) is 5.01 Å². The summed E-state index contributed by atoms with van der Waals surface area (Å²) in [7, 11) is 0. The SMILES string of the molecule is C=CCOC1C[C@H]2COC[C@@H](C1)N2Cc1nccs1. The van der Waals surface area contributed by atoms with Gasteiger partial charge in [0.2, 0.25) is 0 Å². The number of hydrogen-bond donors (Lipinski definition) is 0. The number of fused-ring (bicyclic) bond motifs is 2. The Kier molecular flexibility index (Phi) is 4.28. The predicted molar refractivity (Wildman–Crippen MR) is 75.2 cm³/mol. The van der Waals surface area contributed by atoms with Gasteiger partial charge in [-0.2, -0.15) is 0 Å². The highest BCUT2D eigenvalue weighted by molar-refractivity contribution is 7.09. The smallest absolute Gasteiger partial charge is 0.107 e. The second-order valence-corrected chi connectivity index (χ2v) is 6.14. The lowest BCUT2D eigenvalue weighted by molar-refractivity contribution is -0.119. The van der Waals surface area contributed by atoms with Crippen molar-refractivity contribution in [2.24, 2.45) is 0 Å². The molecule has 104 valence electrons. The van der Waals surface area contributed by atoms with E-state index in [1.165, 1.54) is 5.01 Å². The van der Waals surface area contributed by atoms with Crippen molar-refractivity contribution in [3.63, 3.8) is 0 Å². The maximum atomic E-state index is 5.84. The Balaban J connectivity index is 1.64. The highest BCUT2D eigenvalue weighted by Crippen LogP contribution is 2.31. The Morgan fingerprint density at radius 1 is 1.47 bits per heavy atom. The Morgan fingerprint density at radius 2 is 2.26 bits per heavy atom. The fourth-order valence-corrected chi connectivity index (χ4v) is 3.65. The molecule has 3 heterocycles. The minimum atomic E-state index is 0.351. The molecular weight excluding hydrogens is 260 g/mol. The van der Waals surface area contributed by atoms with E-state index in [4.69, 9.17) is 9.47 Å². The molecule has 1 unspecified atom stereocenters. The molecule has 2 fully saturated rings. The van der Waals surface area contributed by atoms with Gasteiger partial charge >= 0.3 is 0 Å². The summed E-state index contributed by atoms with van der Waals surface area (Å²) < 4.78 is 11.5. The number of ether oxygens (including phenoxy) is 2. The van der Waals surface area contributed by atoms with Crippen LogP contribution < -0.4 is 0 Å². The molecule has 1 aromatic heterocycles. The van der Waals surface area contributed by atoms with Crippen molar-refractivity contribution >= 4 is 11.3 Å². The lowest BCUT2D eigenvalue weighted by Crippen LogP contribution is -2.57. The first kappa shape index (κ1) is 13.2. The molecule has 0 spiro atoms. The fourth-order valence-electron chi connectivity index (χ4n) is 3.03. The average Bonchev–Trinajstić information content (AvgIpc) is 2.89. The zero-order chi connectivity index (χ0) is 13.1. The second kappa shape index (κ2) is 6.13. The van der Waals surface area contributed by atoms with Gasteiger partial charge < -0.3 is 9.47 Å². The van der Waals surface area contributed by atoms with Crippen LogP contribution in [0, 0.1) is 0 Å². The Bertz CT molecular complexity index is 396. The number of rotatable bonds is 5. The first-order valence-corrected chi connectivity index (χ1v) is 7.69. The highest BCUT2D eigenvalue weighted by Gasteiger charge is 2.39. The molecular formula is C14H20N2O2S. The minimum Gasteiger partial charge on any atom is -0.378 e. The summed E-state index contributed by atoms with van der Waals surface area (Å²) in [6.07, 6.45) is 6.16. The lowest BCUT2D eigenvalue weighted by atomic mass is 9.92. The van der Waals surface area contributed by atoms with Gasteiger partial charge in [0.15, 0.2) is 0 Å². The number of hydrogen-bond acceptors (Lipinski definition) is 5. The zero-order valence-corrected chi connectivity index (χ0v) is 11.8. The molecule has 0 radical (unpaired) electrons. The van der Waals surface area contributed by atoms with Gasteiger partial charge in [-0.3, -0.25) is 4.90 Å². The molecule has 1 aromatic rings. The van der Waals surface area contributed by atoms with Gasteiger partial charge in [0.05, 0.1) is 32.5 Å². The topological polar surface area (TPSA) is 34.6 Å². The van der Waals surface area contributed by atoms with E-state index in [1.54, 1.807) is 11.3 Å². The molecule has 19 heavy (non-hydrogen) atoms. The van der Waals surface area contributed by atoms with Crippen molar-refractivity contribution in [1.29, 1.82) is 0 Å². The van der Waals surface area contributed by atoms with Crippen LogP contribution in [0.1, 0.15) is 17.8 Å². The summed E-state index contributed by atoms with van der Waals surface area (Å²) >= 11 is 1.73. The molecule has 2 saturated heterocycles. The normalized spacial score (nSPS) is 31.3. The molecule has 0 aromatic carbocycles. The largest absolute Gasteiger partial charge is 0.378 e. The Morgan fingerprint density at radius 3 is 2.89 bits per heavy atom. The van der Waals surface area contributed by atoms with Gasteiger partial charge in [-0.05, 0) is 12.8 Å². The molecule has 2 aliphatic heterocycles. The van der Waals surface area contributed by atoms with Crippen molar-refractivity contribution in [2.75, 3.05) is 19.8 Å². The van der Waals surface area contributed by atoms with Crippen molar-refractivity contribution in [1.82, 2.24) is 9.88 Å². The van der Waals surface area contributed by atoms with E-state index in [1.807, 2.05) is 17.7 Å². The second-order valence-electron chi connectivity index (χ2n) is 5.16. The third-order valence-corrected chi connectivity index (χ3v) is 4.64. The molecule has 0 amide bonds. The molecule has 5 heteroatoms. The summed E-state index contributed by atoms with van der Waals surface area (Å²) in [5.41, 5.74) is 0. The van der Waals surface area contributed by atoms with E-state index in [0.717, 1.165) is 32.6 Å². The zero-order valence-electron chi connectivity index (χ0n) is 11.0. The first-order chi connectivity index (χ1) is 9.36. The number of aromatic nitrogens is 1. The van der Waals surface area contributed by atoms with E-state index >= 15 is 0 Å². The number of thiazole rings is 1. The highest BCUT2D eigenvalue weighted by atomic mass is 32.1. The van der Waals surface area contributed by atoms with Crippen LogP contribution in [0.3, 0.4) is 0 Å². The minimum absolute atomic E-state index is 0.351. The van der Waals surface area contributed by atoms with Crippen LogP contribution in [-0.2, 0) is 16.0 Å². The summed E-state index contributed by atoms with van der Waals surface area (Å²) in [4.78, 5) is 6.95. The standard InChI is InChI=1S/C14H20N2O2S/c1-2-4-18-13-6-11-9-17-10-12(7-13)16(11)8-14-15-3-5-19-14/h2-3,5,11-13H,1,4,6-10H2/t11-,12+,13?. The van der Waals surface area contributed by atoms with Crippen LogP contribution >= 0.6 is 11.3 Å². The molecule has 0 N–H and O–H groups in total. The van der Waals surface area contributed by atoms with Gasteiger partial charge in [-0.15, -0.1) is 17.9 Å². The maximum Gasteiger partial charge on any atom is 0.107 e. The van der Waals surface area contributed by atoms with Crippen LogP contribution in [0.4, 0.5) is 0 Å². The van der Waals surface area contributed by atoms with Crippen LogP contribution in [0.2, 0.25) is 0 Å². The quantitative estimate of drug-likeness (QED) is 0.774. The fraction of sp³-hybridized carbons (Fsp3) is 0.643. The number of nitrogens with zero attached hydrogens (tertiary/aromatic N) is 2. The van der Waals surface area contributed by atoms with Crippen molar-refractivity contribution in [3.05, 3.63) is 29.2 Å². The van der Waals surface area contributed by atoms with Gasteiger partial charge in [0, 0.05) is 23.7 Å². The summed E-state index contributed by atoms with van der Waals surface area (Å²) in [5, 5.41) is 3.24. The Hall–Kier alpha value is -0.750. The molecule has 3 atom stereocenters. The van der Waals surface area contributed by atoms with Crippen molar-refractivity contribution in [2.45, 2.75) is 37.6 Å². The van der Waals surface area contributed by atoms with Crippen molar-refractivity contribution < 1.29 is 9.47 Å². The van der Waals surface area contributed by atoms with Crippen LogP contribution in [0.25, 0.3) is 0 Å². The van der Waals surface area contributed by atoms with E-state index in [2.05, 4.69) is 16.5 Å². The lowest BCUT2D eigenvalue weighted by Gasteiger charge is -2.47. The maximum absolute atomic E-state index is 5.84. The molecule has 4 nitrogen and oxygen atoms in total. The van der Waals surface area contributed by atoms with Crippen LogP contribution in [0.5, 0.6) is 0 Å². The average molecular weight is 280 g/mol. The van der Waals surface area contributed by atoms with Gasteiger partial charge in [0.25, 0.3) is 0 Å². The number of morpholine rings is 1.